The highest BCUT2D eigenvalue weighted by atomic mass is 35.5. The number of hydrogen-bond donors (Lipinski definition) is 1. The fraction of sp³-hybridized carbons (Fsp3) is 0.368. The number of sulfonamides is 1. The fourth-order valence-corrected chi connectivity index (χ4v) is 5.02. The van der Waals surface area contributed by atoms with Crippen LogP contribution in [0.3, 0.4) is 0 Å². The number of nitrogens with one attached hydrogen (secondary N) is 1. The third kappa shape index (κ3) is 3.65. The summed E-state index contributed by atoms with van der Waals surface area (Å²) in [5.41, 5.74) is 3.19. The van der Waals surface area contributed by atoms with Crippen LogP contribution in [-0.2, 0) is 16.4 Å². The minimum atomic E-state index is -3.70. The molecule has 9 heteroatoms. The summed E-state index contributed by atoms with van der Waals surface area (Å²) in [4.78, 5) is 4.30. The van der Waals surface area contributed by atoms with Crippen LogP contribution in [0.1, 0.15) is 29.8 Å². The van der Waals surface area contributed by atoms with Crippen molar-refractivity contribution in [3.63, 3.8) is 0 Å². The molecule has 3 aromatic rings. The predicted molar refractivity (Wildman–Crippen MR) is 109 cm³/mol. The zero-order valence-corrected chi connectivity index (χ0v) is 17.4. The van der Waals surface area contributed by atoms with E-state index in [0.29, 0.717) is 36.4 Å². The summed E-state index contributed by atoms with van der Waals surface area (Å²) < 4.78 is 33.4. The zero-order valence-electron chi connectivity index (χ0n) is 15.8. The van der Waals surface area contributed by atoms with Gasteiger partial charge in [-0.2, -0.15) is 4.31 Å². The summed E-state index contributed by atoms with van der Waals surface area (Å²) in [5, 5.41) is 7.78. The maximum absolute atomic E-state index is 13.4. The normalized spacial score (nSPS) is 18.1. The Balaban J connectivity index is 0.00000225. The van der Waals surface area contributed by atoms with Crippen molar-refractivity contribution < 1.29 is 12.9 Å². The van der Waals surface area contributed by atoms with Gasteiger partial charge in [0.25, 0.3) is 5.71 Å². The van der Waals surface area contributed by atoms with E-state index in [1.54, 1.807) is 17.3 Å². The van der Waals surface area contributed by atoms with Crippen molar-refractivity contribution in [3.05, 3.63) is 53.3 Å². The fourth-order valence-electron chi connectivity index (χ4n) is 3.44. The highest BCUT2D eigenvalue weighted by Crippen LogP contribution is 2.30. The third-order valence-corrected chi connectivity index (χ3v) is 6.93. The number of benzene rings is 1. The highest BCUT2D eigenvalue weighted by Gasteiger charge is 2.35. The number of rotatable bonds is 4. The topological polar surface area (TPSA) is 88.3 Å². The summed E-state index contributed by atoms with van der Waals surface area (Å²) in [6.07, 6.45) is 2.30. The van der Waals surface area contributed by atoms with Crippen LogP contribution in [0.2, 0.25) is 0 Å². The van der Waals surface area contributed by atoms with Crippen molar-refractivity contribution in [2.24, 2.45) is 0 Å². The predicted octanol–water partition coefficient (Wildman–Crippen LogP) is 2.85. The van der Waals surface area contributed by atoms with Gasteiger partial charge in [-0.25, -0.2) is 13.4 Å². The average Bonchev–Trinajstić information content (AvgIpc) is 3.08. The molecule has 1 N–H and O–H groups in total. The van der Waals surface area contributed by atoms with Gasteiger partial charge in [0, 0.05) is 19.6 Å². The molecular formula is C19H23ClN4O3S. The van der Waals surface area contributed by atoms with E-state index in [4.69, 9.17) is 4.52 Å². The van der Waals surface area contributed by atoms with Gasteiger partial charge in [-0.3, -0.25) is 0 Å². The number of fused-ring (bicyclic) bond motifs is 1. The van der Waals surface area contributed by atoms with Crippen LogP contribution in [0.5, 0.6) is 0 Å². The third-order valence-electron chi connectivity index (χ3n) is 5.06. The van der Waals surface area contributed by atoms with Gasteiger partial charge < -0.3 is 9.84 Å². The molecule has 0 bridgehead atoms. The van der Waals surface area contributed by atoms with E-state index in [0.717, 1.165) is 12.0 Å². The summed E-state index contributed by atoms with van der Waals surface area (Å²) in [7, 11) is -3.70. The van der Waals surface area contributed by atoms with Crippen molar-refractivity contribution in [3.8, 4) is 0 Å². The Morgan fingerprint density at radius 1 is 1.29 bits per heavy atom. The van der Waals surface area contributed by atoms with E-state index >= 15 is 0 Å². The lowest BCUT2D eigenvalue weighted by atomic mass is 10.0. The van der Waals surface area contributed by atoms with Crippen LogP contribution in [0, 0.1) is 6.92 Å². The molecule has 7 nitrogen and oxygen atoms in total. The van der Waals surface area contributed by atoms with Crippen molar-refractivity contribution in [2.45, 2.75) is 31.2 Å². The monoisotopic (exact) mass is 422 g/mol. The summed E-state index contributed by atoms with van der Waals surface area (Å²) >= 11 is 0. The zero-order chi connectivity index (χ0) is 19.0. The Bertz CT molecular complexity index is 1070. The Kier molecular flexibility index (Phi) is 6.04. The summed E-state index contributed by atoms with van der Waals surface area (Å²) in [6, 6.07) is 9.50. The SMILES string of the molecule is CCc1ccc(C2CNCCN2S(=O)(=O)c2cnc3onc(C)c3c2)cc1.Cl. The number of aromatic nitrogens is 2. The maximum atomic E-state index is 13.4. The van der Waals surface area contributed by atoms with E-state index in [1.807, 2.05) is 12.1 Å². The van der Waals surface area contributed by atoms with Gasteiger partial charge in [-0.05, 0) is 30.5 Å². The van der Waals surface area contributed by atoms with E-state index in [9.17, 15) is 8.42 Å². The molecule has 0 radical (unpaired) electrons. The molecule has 1 unspecified atom stereocenters. The van der Waals surface area contributed by atoms with Gasteiger partial charge in [0.05, 0.1) is 23.3 Å². The molecule has 4 rings (SSSR count). The molecule has 28 heavy (non-hydrogen) atoms. The van der Waals surface area contributed by atoms with Crippen LogP contribution in [0.25, 0.3) is 11.1 Å². The molecule has 3 heterocycles. The Morgan fingerprint density at radius 3 is 2.75 bits per heavy atom. The molecular weight excluding hydrogens is 400 g/mol. The molecule has 0 saturated carbocycles. The molecule has 1 aliphatic rings. The molecule has 0 aliphatic carbocycles. The highest BCUT2D eigenvalue weighted by molar-refractivity contribution is 7.89. The molecule has 0 amide bonds. The second kappa shape index (κ2) is 8.16. The minimum absolute atomic E-state index is 0. The number of nitrogens with zero attached hydrogens (tertiary/aromatic N) is 3. The smallest absolute Gasteiger partial charge is 0.257 e. The number of piperazine rings is 1. The molecule has 1 atom stereocenters. The lowest BCUT2D eigenvalue weighted by Gasteiger charge is -2.35. The van der Waals surface area contributed by atoms with Crippen LogP contribution in [-0.4, -0.2) is 42.5 Å². The molecule has 150 valence electrons. The first-order chi connectivity index (χ1) is 13.0. The van der Waals surface area contributed by atoms with Crippen LogP contribution in [0.4, 0.5) is 0 Å². The first-order valence-electron chi connectivity index (χ1n) is 9.04. The number of halogens is 1. The average molecular weight is 423 g/mol. The van der Waals surface area contributed by atoms with Gasteiger partial charge in [0.2, 0.25) is 10.0 Å². The van der Waals surface area contributed by atoms with Gasteiger partial charge in [0.1, 0.15) is 4.90 Å². The van der Waals surface area contributed by atoms with Crippen LogP contribution < -0.4 is 5.32 Å². The van der Waals surface area contributed by atoms with Crippen LogP contribution in [0.15, 0.2) is 45.9 Å². The lowest BCUT2D eigenvalue weighted by molar-refractivity contribution is 0.271. The van der Waals surface area contributed by atoms with E-state index in [-0.39, 0.29) is 23.3 Å². The second-order valence-electron chi connectivity index (χ2n) is 6.72. The quantitative estimate of drug-likeness (QED) is 0.695. The van der Waals surface area contributed by atoms with Gasteiger partial charge in [-0.15, -0.1) is 12.4 Å². The molecule has 1 aromatic carbocycles. The van der Waals surface area contributed by atoms with Crippen molar-refractivity contribution in [1.29, 1.82) is 0 Å². The molecule has 0 spiro atoms. The maximum Gasteiger partial charge on any atom is 0.257 e. The standard InChI is InChI=1S/C19H22N4O3S.ClH/c1-3-14-4-6-15(7-5-14)18-12-20-8-9-23(18)27(24,25)16-10-17-13(2)22-26-19(17)21-11-16;/h4-7,10-11,18,20H,3,8-9,12H2,1-2H3;1H. The van der Waals surface area contributed by atoms with Gasteiger partial charge >= 0.3 is 0 Å². The number of pyridine rings is 1. The summed E-state index contributed by atoms with van der Waals surface area (Å²) in [6.45, 7) is 5.47. The largest absolute Gasteiger partial charge is 0.336 e. The number of aryl methyl sites for hydroxylation is 2. The Labute approximate surface area is 170 Å². The van der Waals surface area contributed by atoms with Crippen LogP contribution >= 0.6 is 12.4 Å². The first kappa shape index (κ1) is 20.7. The molecule has 1 aliphatic heterocycles. The van der Waals surface area contributed by atoms with E-state index in [1.165, 1.54) is 11.8 Å². The molecule has 1 saturated heterocycles. The van der Waals surface area contributed by atoms with E-state index in [2.05, 4.69) is 34.5 Å². The second-order valence-corrected chi connectivity index (χ2v) is 8.61. The van der Waals surface area contributed by atoms with Crippen molar-refractivity contribution in [1.82, 2.24) is 19.8 Å². The summed E-state index contributed by atoms with van der Waals surface area (Å²) in [5.74, 6) is 0. The number of hydrogen-bond acceptors (Lipinski definition) is 6. The van der Waals surface area contributed by atoms with Crippen molar-refractivity contribution >= 4 is 33.5 Å². The van der Waals surface area contributed by atoms with E-state index < -0.39 is 10.0 Å². The van der Waals surface area contributed by atoms with Crippen molar-refractivity contribution in [2.75, 3.05) is 19.6 Å². The molecule has 1 fully saturated rings. The van der Waals surface area contributed by atoms with Gasteiger partial charge in [-0.1, -0.05) is 36.3 Å². The van der Waals surface area contributed by atoms with Gasteiger partial charge in [0.15, 0.2) is 0 Å². The minimum Gasteiger partial charge on any atom is -0.336 e. The Morgan fingerprint density at radius 2 is 2.04 bits per heavy atom. The molecule has 2 aromatic heterocycles. The first-order valence-corrected chi connectivity index (χ1v) is 10.5. The lowest BCUT2D eigenvalue weighted by Crippen LogP contribution is -2.48. The Hall–Kier alpha value is -2.00.